The highest BCUT2D eigenvalue weighted by molar-refractivity contribution is 8.05. The lowest BCUT2D eigenvalue weighted by atomic mass is 9.78. The number of hydrogen-bond acceptors (Lipinski definition) is 8. The lowest BCUT2D eigenvalue weighted by Crippen LogP contribution is -2.70. The number of fused-ring (bicyclic) bond motifs is 1. The van der Waals surface area contributed by atoms with E-state index in [0.717, 1.165) is 5.56 Å². The summed E-state index contributed by atoms with van der Waals surface area (Å²) in [5, 5.41) is 20.8. The number of benzene rings is 1. The van der Waals surface area contributed by atoms with Crippen LogP contribution in [0.3, 0.4) is 0 Å². The van der Waals surface area contributed by atoms with Gasteiger partial charge >= 0.3 is 0 Å². The van der Waals surface area contributed by atoms with Gasteiger partial charge in [-0.1, -0.05) is 36.5 Å². The topological polar surface area (TPSA) is 119 Å². The molecular formula is C19H20N2O7S2. The van der Waals surface area contributed by atoms with E-state index in [-0.39, 0.29) is 30.0 Å². The Morgan fingerprint density at radius 2 is 2.03 bits per heavy atom. The molecule has 1 aromatic rings. The van der Waals surface area contributed by atoms with Crippen molar-refractivity contribution in [1.82, 2.24) is 4.90 Å². The highest BCUT2D eigenvalue weighted by atomic mass is 32.2. The van der Waals surface area contributed by atoms with E-state index in [2.05, 4.69) is 12.6 Å². The van der Waals surface area contributed by atoms with E-state index in [1.807, 2.05) is 0 Å². The quantitative estimate of drug-likeness (QED) is 0.290. The number of nitro benzene ring substituents is 1. The van der Waals surface area contributed by atoms with Crippen molar-refractivity contribution >= 4 is 41.1 Å². The number of non-ortho nitro benzene ring substituents is 1. The smallest absolute Gasteiger partial charge is 0.269 e. The molecule has 30 heavy (non-hydrogen) atoms. The van der Waals surface area contributed by atoms with Gasteiger partial charge in [0.05, 0.1) is 30.2 Å². The zero-order valence-corrected chi connectivity index (χ0v) is 17.7. The number of thiol groups is 1. The first-order chi connectivity index (χ1) is 14.3. The number of hydrogen-bond donors (Lipinski definition) is 2. The van der Waals surface area contributed by atoms with Crippen LogP contribution < -0.4 is 0 Å². The van der Waals surface area contributed by atoms with Gasteiger partial charge in [0.25, 0.3) is 5.69 Å². The van der Waals surface area contributed by atoms with Gasteiger partial charge in [-0.15, -0.1) is 0 Å². The van der Waals surface area contributed by atoms with Crippen molar-refractivity contribution in [3.63, 3.8) is 0 Å². The maximum Gasteiger partial charge on any atom is 0.269 e. The van der Waals surface area contributed by atoms with Crippen molar-refractivity contribution in [1.29, 1.82) is 0 Å². The second-order valence-electron chi connectivity index (χ2n) is 7.51. The molecule has 3 aliphatic rings. The molecule has 0 unspecified atom stereocenters. The monoisotopic (exact) mass is 452 g/mol. The molecule has 9 nitrogen and oxygen atoms in total. The van der Waals surface area contributed by atoms with Crippen LogP contribution in [0.2, 0.25) is 0 Å². The Balaban J connectivity index is 1.72. The number of ether oxygens (including phenoxy) is 2. The molecule has 0 radical (unpaired) electrons. The first kappa shape index (κ1) is 21.3. The van der Waals surface area contributed by atoms with Gasteiger partial charge < -0.3 is 14.6 Å². The highest BCUT2D eigenvalue weighted by Crippen LogP contribution is 2.62. The highest BCUT2D eigenvalue weighted by Gasteiger charge is 2.68. The average Bonchev–Trinajstić information content (AvgIpc) is 2.99. The standard InChI is InChI=1S/C19H20N2O7S2/c1-10(22)14-17(23)20-15(18(24)29)16(12-7-27-9-28-8-12)30-19(14,20)6-11-2-4-13(5-3-11)21(25)26/h2-5,10,12,14,22H,6-9H2,1H3,(H,24,29)/t10-,14+,19-/m1/s1. The molecule has 11 heteroatoms. The lowest BCUT2D eigenvalue weighted by molar-refractivity contribution is -0.384. The Morgan fingerprint density at radius 3 is 2.57 bits per heavy atom. The van der Waals surface area contributed by atoms with Crippen LogP contribution >= 0.6 is 24.4 Å². The summed E-state index contributed by atoms with van der Waals surface area (Å²) >= 11 is 5.36. The third-order valence-electron chi connectivity index (χ3n) is 5.56. The van der Waals surface area contributed by atoms with Crippen LogP contribution in [0.15, 0.2) is 34.9 Å². The molecule has 3 aliphatic heterocycles. The fraction of sp³-hybridized carbons (Fsp3) is 0.474. The minimum absolute atomic E-state index is 0.0366. The van der Waals surface area contributed by atoms with E-state index in [9.17, 15) is 24.8 Å². The van der Waals surface area contributed by atoms with Gasteiger partial charge in [0, 0.05) is 29.4 Å². The Kier molecular flexibility index (Phi) is 5.66. The number of nitrogens with zero attached hydrogens (tertiary/aromatic N) is 2. The van der Waals surface area contributed by atoms with Crippen molar-refractivity contribution in [3.05, 3.63) is 50.5 Å². The molecule has 4 rings (SSSR count). The number of β-lactam (4-membered cyclic amide) rings is 1. The largest absolute Gasteiger partial charge is 0.392 e. The zero-order valence-electron chi connectivity index (χ0n) is 16.0. The molecule has 0 bridgehead atoms. The minimum Gasteiger partial charge on any atom is -0.392 e. The summed E-state index contributed by atoms with van der Waals surface area (Å²) < 4.78 is 10.8. The molecular weight excluding hydrogens is 432 g/mol. The van der Waals surface area contributed by atoms with E-state index in [1.165, 1.54) is 28.8 Å². The van der Waals surface area contributed by atoms with Crippen LogP contribution in [0.1, 0.15) is 12.5 Å². The van der Waals surface area contributed by atoms with Crippen LogP contribution in [0, 0.1) is 22.0 Å². The molecule has 1 aromatic carbocycles. The Hall–Kier alpha value is -1.92. The summed E-state index contributed by atoms with van der Waals surface area (Å²) in [7, 11) is 0. The average molecular weight is 453 g/mol. The van der Waals surface area contributed by atoms with Crippen molar-refractivity contribution in [3.8, 4) is 0 Å². The van der Waals surface area contributed by atoms with Crippen molar-refractivity contribution in [2.45, 2.75) is 24.3 Å². The lowest BCUT2D eigenvalue weighted by Gasteiger charge is -2.54. The molecule has 1 amide bonds. The summed E-state index contributed by atoms with van der Waals surface area (Å²) in [6.45, 7) is 2.42. The van der Waals surface area contributed by atoms with Crippen LogP contribution in [0.25, 0.3) is 0 Å². The minimum atomic E-state index is -0.936. The Bertz CT molecular complexity index is 927. The molecule has 0 spiro atoms. The van der Waals surface area contributed by atoms with E-state index >= 15 is 0 Å². The van der Waals surface area contributed by atoms with E-state index < -0.39 is 26.9 Å². The first-order valence-electron chi connectivity index (χ1n) is 9.33. The van der Waals surface area contributed by atoms with Gasteiger partial charge in [0.1, 0.15) is 17.4 Å². The Labute approximate surface area is 182 Å². The maximum atomic E-state index is 12.9. The molecule has 2 saturated heterocycles. The number of nitro groups is 1. The molecule has 3 atom stereocenters. The van der Waals surface area contributed by atoms with E-state index in [4.69, 9.17) is 9.47 Å². The van der Waals surface area contributed by atoms with Crippen LogP contribution in [0.5, 0.6) is 0 Å². The number of amides is 1. The number of aliphatic hydroxyl groups is 1. The van der Waals surface area contributed by atoms with Crippen LogP contribution in [-0.2, 0) is 25.5 Å². The summed E-state index contributed by atoms with van der Waals surface area (Å²) in [6, 6.07) is 6.05. The molecule has 0 aromatic heterocycles. The first-order valence-corrected chi connectivity index (χ1v) is 10.6. The summed E-state index contributed by atoms with van der Waals surface area (Å²) in [5.74, 6) is -1.30. The van der Waals surface area contributed by atoms with Crippen molar-refractivity contribution in [2.75, 3.05) is 20.0 Å². The number of aliphatic hydroxyl groups excluding tert-OH is 1. The SMILES string of the molecule is C[C@@H](O)[C@H]1C(=O)N2C(C(=O)S)=C(C3COCOC3)S[C@]12Cc1ccc([N+](=O)[O-])cc1. The second-order valence-corrected chi connectivity index (χ2v) is 9.27. The summed E-state index contributed by atoms with van der Waals surface area (Å²) in [6.07, 6.45) is -0.631. The third-order valence-corrected chi connectivity index (χ3v) is 7.45. The molecule has 3 heterocycles. The fourth-order valence-electron chi connectivity index (χ4n) is 4.30. The molecule has 1 N–H and O–H groups in total. The molecule has 0 saturated carbocycles. The second kappa shape index (κ2) is 7.97. The van der Waals surface area contributed by atoms with Crippen molar-refractivity contribution in [2.24, 2.45) is 11.8 Å². The van der Waals surface area contributed by atoms with Crippen LogP contribution in [0.4, 0.5) is 5.69 Å². The summed E-state index contributed by atoms with van der Waals surface area (Å²) in [5.41, 5.74) is 0.913. The summed E-state index contributed by atoms with van der Waals surface area (Å²) in [4.78, 5) is 37.0. The van der Waals surface area contributed by atoms with Gasteiger partial charge in [-0.25, -0.2) is 0 Å². The van der Waals surface area contributed by atoms with Gasteiger partial charge in [-0.2, -0.15) is 0 Å². The van der Waals surface area contributed by atoms with Gasteiger partial charge in [0.15, 0.2) is 0 Å². The van der Waals surface area contributed by atoms with Crippen LogP contribution in [-0.4, -0.2) is 56.9 Å². The Morgan fingerprint density at radius 1 is 1.40 bits per heavy atom. The zero-order chi connectivity index (χ0) is 21.6. The number of rotatable bonds is 6. The maximum absolute atomic E-state index is 12.9. The number of carbonyl (C=O) groups is 2. The number of carbonyl (C=O) groups excluding carboxylic acids is 2. The fourth-order valence-corrected chi connectivity index (χ4v) is 6.50. The van der Waals surface area contributed by atoms with Crippen molar-refractivity contribution < 1.29 is 29.1 Å². The number of thioether (sulfide) groups is 1. The van der Waals surface area contributed by atoms with Gasteiger partial charge in [-0.05, 0) is 12.5 Å². The predicted octanol–water partition coefficient (Wildman–Crippen LogP) is 1.71. The van der Waals surface area contributed by atoms with E-state index in [0.29, 0.717) is 24.5 Å². The van der Waals surface area contributed by atoms with E-state index in [1.54, 1.807) is 19.1 Å². The molecule has 160 valence electrons. The predicted molar refractivity (Wildman–Crippen MR) is 110 cm³/mol. The molecule has 0 aliphatic carbocycles. The van der Waals surface area contributed by atoms with Gasteiger partial charge in [-0.3, -0.25) is 24.6 Å². The normalized spacial score (nSPS) is 27.6. The third kappa shape index (κ3) is 3.34. The van der Waals surface area contributed by atoms with Gasteiger partial charge in [0.2, 0.25) is 11.0 Å². The molecule has 2 fully saturated rings.